The van der Waals surface area contributed by atoms with Gasteiger partial charge in [0.1, 0.15) is 6.07 Å². The lowest BCUT2D eigenvalue weighted by atomic mass is 10.3. The third kappa shape index (κ3) is 2.36. The zero-order chi connectivity index (χ0) is 9.84. The Morgan fingerprint density at radius 1 is 1.54 bits per heavy atom. The van der Waals surface area contributed by atoms with E-state index in [4.69, 9.17) is 5.26 Å². The van der Waals surface area contributed by atoms with Crippen LogP contribution in [-0.4, -0.2) is 11.6 Å². The predicted molar refractivity (Wildman–Crippen MR) is 43.3 cm³/mol. The number of ether oxygens (including phenoxy) is 1. The first-order chi connectivity index (χ1) is 6.15. The van der Waals surface area contributed by atoms with Gasteiger partial charge >= 0.3 is 6.61 Å². The molecule has 0 aliphatic carbocycles. The van der Waals surface area contributed by atoms with Crippen LogP contribution in [0, 0.1) is 11.3 Å². The fourth-order valence-electron chi connectivity index (χ4n) is 0.682. The molecule has 1 rings (SSSR count). The predicted octanol–water partition coefficient (Wildman–Crippen LogP) is 2.32. The number of halogens is 3. The van der Waals surface area contributed by atoms with Gasteiger partial charge < -0.3 is 4.74 Å². The molecule has 1 aromatic heterocycles. The van der Waals surface area contributed by atoms with E-state index in [-0.39, 0.29) is 15.8 Å². The summed E-state index contributed by atoms with van der Waals surface area (Å²) < 4.78 is 27.8. The average Bonchev–Trinajstić information content (AvgIpc) is 2.08. The van der Waals surface area contributed by atoms with E-state index < -0.39 is 6.61 Å². The summed E-state index contributed by atoms with van der Waals surface area (Å²) in [6.07, 6.45) is 2.36. The van der Waals surface area contributed by atoms with Crippen molar-refractivity contribution in [1.82, 2.24) is 4.98 Å². The largest absolute Gasteiger partial charge is 0.432 e. The highest BCUT2D eigenvalue weighted by Crippen LogP contribution is 2.27. The maximum atomic E-state index is 11.8. The van der Waals surface area contributed by atoms with Crippen LogP contribution >= 0.6 is 15.9 Å². The zero-order valence-corrected chi connectivity index (χ0v) is 7.75. The number of pyridine rings is 1. The fraction of sp³-hybridized carbons (Fsp3) is 0.143. The van der Waals surface area contributed by atoms with E-state index in [0.717, 1.165) is 6.20 Å². The Morgan fingerprint density at radius 2 is 2.23 bits per heavy atom. The molecule has 6 heteroatoms. The Labute approximate surface area is 81.1 Å². The minimum absolute atomic E-state index is 0.144. The first-order valence-electron chi connectivity index (χ1n) is 3.13. The highest BCUT2D eigenvalue weighted by Gasteiger charge is 2.11. The number of hydrogen-bond acceptors (Lipinski definition) is 3. The second-order valence-corrected chi connectivity index (χ2v) is 2.78. The smallest absolute Gasteiger partial charge is 0.387 e. The summed E-state index contributed by atoms with van der Waals surface area (Å²) >= 11 is 2.95. The molecule has 0 bridgehead atoms. The van der Waals surface area contributed by atoms with Crippen molar-refractivity contribution in [1.29, 1.82) is 5.26 Å². The normalized spacial score (nSPS) is 9.77. The summed E-state index contributed by atoms with van der Waals surface area (Å²) in [4.78, 5) is 3.56. The Hall–Kier alpha value is -1.22. The lowest BCUT2D eigenvalue weighted by molar-refractivity contribution is -0.0506. The van der Waals surface area contributed by atoms with Gasteiger partial charge in [0.15, 0.2) is 5.75 Å². The maximum absolute atomic E-state index is 11.8. The van der Waals surface area contributed by atoms with Crippen LogP contribution in [0.25, 0.3) is 0 Å². The molecule has 0 saturated heterocycles. The van der Waals surface area contributed by atoms with Crippen molar-refractivity contribution in [3.63, 3.8) is 0 Å². The van der Waals surface area contributed by atoms with Gasteiger partial charge in [0.05, 0.1) is 16.2 Å². The van der Waals surface area contributed by atoms with Crippen LogP contribution in [-0.2, 0) is 0 Å². The Bertz CT molecular complexity index is 351. The van der Waals surface area contributed by atoms with Crippen LogP contribution in [0.5, 0.6) is 5.75 Å². The van der Waals surface area contributed by atoms with Gasteiger partial charge in [0.25, 0.3) is 0 Å². The Morgan fingerprint density at radius 3 is 2.77 bits per heavy atom. The van der Waals surface area contributed by atoms with E-state index in [9.17, 15) is 8.78 Å². The molecule has 0 unspecified atom stereocenters. The molecular formula is C7H3BrF2N2O. The maximum Gasteiger partial charge on any atom is 0.387 e. The topological polar surface area (TPSA) is 45.9 Å². The summed E-state index contributed by atoms with van der Waals surface area (Å²) in [5, 5.41) is 8.51. The Balaban J connectivity index is 3.03. The first-order valence-corrected chi connectivity index (χ1v) is 3.93. The molecule has 68 valence electrons. The number of rotatable bonds is 2. The molecule has 0 fully saturated rings. The summed E-state index contributed by atoms with van der Waals surface area (Å²) in [5.41, 5.74) is 0.151. The summed E-state index contributed by atoms with van der Waals surface area (Å²) in [6.45, 7) is -2.92. The van der Waals surface area contributed by atoms with Gasteiger partial charge in [-0.15, -0.1) is 0 Å². The van der Waals surface area contributed by atoms with Crippen molar-refractivity contribution in [2.45, 2.75) is 6.61 Å². The van der Waals surface area contributed by atoms with Crippen LogP contribution in [0.3, 0.4) is 0 Å². The van der Waals surface area contributed by atoms with Crippen LogP contribution in [0.15, 0.2) is 16.9 Å². The molecule has 0 amide bonds. The number of alkyl halides is 2. The van der Waals surface area contributed by atoms with Crippen molar-refractivity contribution >= 4 is 15.9 Å². The summed E-state index contributed by atoms with van der Waals surface area (Å²) in [5.74, 6) is -0.144. The van der Waals surface area contributed by atoms with Crippen molar-refractivity contribution in [2.75, 3.05) is 0 Å². The van der Waals surface area contributed by atoms with Gasteiger partial charge in [-0.05, 0) is 15.9 Å². The molecule has 13 heavy (non-hydrogen) atoms. The van der Waals surface area contributed by atoms with E-state index in [1.807, 2.05) is 0 Å². The van der Waals surface area contributed by atoms with Crippen LogP contribution in [0.2, 0.25) is 0 Å². The third-order valence-corrected chi connectivity index (χ3v) is 2.00. The zero-order valence-electron chi connectivity index (χ0n) is 6.17. The van der Waals surface area contributed by atoms with Crippen LogP contribution < -0.4 is 4.74 Å². The van der Waals surface area contributed by atoms with Crippen LogP contribution in [0.1, 0.15) is 5.56 Å². The number of hydrogen-bond donors (Lipinski definition) is 0. The van der Waals surface area contributed by atoms with Crippen LogP contribution in [0.4, 0.5) is 8.78 Å². The molecule has 0 radical (unpaired) electrons. The number of aromatic nitrogens is 1. The summed E-state index contributed by atoms with van der Waals surface area (Å²) in [6, 6.07) is 1.77. The molecule has 0 saturated carbocycles. The lowest BCUT2D eigenvalue weighted by Gasteiger charge is -2.05. The Kier molecular flexibility index (Phi) is 3.14. The minimum Gasteiger partial charge on any atom is -0.432 e. The monoisotopic (exact) mass is 248 g/mol. The van der Waals surface area contributed by atoms with E-state index in [1.165, 1.54) is 6.20 Å². The first kappa shape index (κ1) is 9.86. The highest BCUT2D eigenvalue weighted by atomic mass is 79.9. The number of nitriles is 1. The standard InChI is InChI=1S/C7H3BrF2N2O/c8-6-4(1-11)2-12-3-5(6)13-7(9)10/h2-3,7H. The molecule has 3 nitrogen and oxygen atoms in total. The van der Waals surface area contributed by atoms with Crippen molar-refractivity contribution in [2.24, 2.45) is 0 Å². The van der Waals surface area contributed by atoms with Gasteiger partial charge in [-0.3, -0.25) is 4.98 Å². The molecule has 1 aromatic rings. The molecule has 1 heterocycles. The quantitative estimate of drug-likeness (QED) is 0.807. The van der Waals surface area contributed by atoms with Gasteiger partial charge in [-0.1, -0.05) is 0 Å². The minimum atomic E-state index is -2.92. The SMILES string of the molecule is N#Cc1cncc(OC(F)F)c1Br. The molecule has 0 aliphatic heterocycles. The molecule has 0 N–H and O–H groups in total. The van der Waals surface area contributed by atoms with Crippen molar-refractivity contribution in [3.05, 3.63) is 22.4 Å². The second kappa shape index (κ2) is 4.14. The van der Waals surface area contributed by atoms with E-state index in [2.05, 4.69) is 25.7 Å². The third-order valence-electron chi connectivity index (χ3n) is 1.18. The highest BCUT2D eigenvalue weighted by molar-refractivity contribution is 9.10. The second-order valence-electron chi connectivity index (χ2n) is 1.99. The van der Waals surface area contributed by atoms with Gasteiger partial charge in [0, 0.05) is 6.20 Å². The average molecular weight is 249 g/mol. The lowest BCUT2D eigenvalue weighted by Crippen LogP contribution is -2.03. The summed E-state index contributed by atoms with van der Waals surface area (Å²) in [7, 11) is 0. The van der Waals surface area contributed by atoms with Gasteiger partial charge in [0.2, 0.25) is 0 Å². The van der Waals surface area contributed by atoms with Gasteiger partial charge in [-0.2, -0.15) is 14.0 Å². The number of nitrogens with zero attached hydrogens (tertiary/aromatic N) is 2. The van der Waals surface area contributed by atoms with Crippen molar-refractivity contribution < 1.29 is 13.5 Å². The van der Waals surface area contributed by atoms with Gasteiger partial charge in [-0.25, -0.2) is 0 Å². The molecule has 0 atom stereocenters. The fourth-order valence-corrected chi connectivity index (χ4v) is 1.07. The molecular weight excluding hydrogens is 246 g/mol. The van der Waals surface area contributed by atoms with Crippen molar-refractivity contribution in [3.8, 4) is 11.8 Å². The molecule has 0 aliphatic rings. The van der Waals surface area contributed by atoms with E-state index in [1.54, 1.807) is 6.07 Å². The molecule has 0 aromatic carbocycles. The molecule has 0 spiro atoms. The van der Waals surface area contributed by atoms with E-state index in [0.29, 0.717) is 0 Å². The van der Waals surface area contributed by atoms with E-state index >= 15 is 0 Å².